The highest BCUT2D eigenvalue weighted by atomic mass is 16.5. The Morgan fingerprint density at radius 3 is 3.20 bits per heavy atom. The standard InChI is InChI=1S/C12H16N2O/c1-8-4-12(15-14-8)10-5-9-2-3-13-7-11(9)6-10/h4-5,9,11,13H,2-3,6-7H2,1H3/t9-,11-/m0/s1. The van der Waals surface area contributed by atoms with Crippen LogP contribution in [0.15, 0.2) is 16.7 Å². The molecule has 0 aromatic carbocycles. The molecule has 1 fully saturated rings. The van der Waals surface area contributed by atoms with Gasteiger partial charge >= 0.3 is 0 Å². The number of hydrogen-bond donors (Lipinski definition) is 1. The predicted octanol–water partition coefficient (Wildman–Crippen LogP) is 2.00. The van der Waals surface area contributed by atoms with Gasteiger partial charge in [0.15, 0.2) is 5.76 Å². The van der Waals surface area contributed by atoms with Crippen molar-refractivity contribution >= 4 is 5.57 Å². The quantitative estimate of drug-likeness (QED) is 0.760. The molecule has 0 unspecified atom stereocenters. The maximum atomic E-state index is 5.32. The Morgan fingerprint density at radius 2 is 2.47 bits per heavy atom. The molecule has 1 aromatic rings. The van der Waals surface area contributed by atoms with E-state index in [0.29, 0.717) is 0 Å². The topological polar surface area (TPSA) is 38.1 Å². The zero-order valence-electron chi connectivity index (χ0n) is 8.99. The number of nitrogens with zero attached hydrogens (tertiary/aromatic N) is 1. The Kier molecular flexibility index (Phi) is 2.13. The molecule has 0 saturated carbocycles. The lowest BCUT2D eigenvalue weighted by molar-refractivity contribution is 0.323. The zero-order valence-corrected chi connectivity index (χ0v) is 8.99. The van der Waals surface area contributed by atoms with E-state index in [2.05, 4.69) is 16.5 Å². The van der Waals surface area contributed by atoms with Gasteiger partial charge in [-0.3, -0.25) is 0 Å². The molecule has 80 valence electrons. The summed E-state index contributed by atoms with van der Waals surface area (Å²) in [6.07, 6.45) is 4.80. The normalized spacial score (nSPS) is 30.1. The fourth-order valence-electron chi connectivity index (χ4n) is 2.69. The summed E-state index contributed by atoms with van der Waals surface area (Å²) in [5.74, 6) is 2.51. The minimum atomic E-state index is 0.756. The first-order chi connectivity index (χ1) is 7.33. The molecule has 1 aliphatic heterocycles. The third-order valence-corrected chi connectivity index (χ3v) is 3.51. The molecule has 2 aliphatic rings. The molecule has 0 amide bonds. The average molecular weight is 204 g/mol. The van der Waals surface area contributed by atoms with Gasteiger partial charge in [0.1, 0.15) is 0 Å². The van der Waals surface area contributed by atoms with Gasteiger partial charge in [-0.2, -0.15) is 0 Å². The van der Waals surface area contributed by atoms with Crippen LogP contribution in [0.1, 0.15) is 24.3 Å². The Morgan fingerprint density at radius 1 is 1.53 bits per heavy atom. The minimum absolute atomic E-state index is 0.756. The molecule has 2 heterocycles. The number of fused-ring (bicyclic) bond motifs is 1. The van der Waals surface area contributed by atoms with Crippen molar-refractivity contribution in [1.82, 2.24) is 10.5 Å². The van der Waals surface area contributed by atoms with Crippen molar-refractivity contribution < 1.29 is 4.52 Å². The van der Waals surface area contributed by atoms with E-state index in [1.165, 1.54) is 12.0 Å². The third kappa shape index (κ3) is 1.61. The molecule has 1 aliphatic carbocycles. The van der Waals surface area contributed by atoms with Gasteiger partial charge in [0.2, 0.25) is 0 Å². The smallest absolute Gasteiger partial charge is 0.162 e. The molecular formula is C12H16N2O. The van der Waals surface area contributed by atoms with Crippen molar-refractivity contribution in [2.45, 2.75) is 19.8 Å². The summed E-state index contributed by atoms with van der Waals surface area (Å²) in [7, 11) is 0. The van der Waals surface area contributed by atoms with Gasteiger partial charge in [-0.1, -0.05) is 11.2 Å². The van der Waals surface area contributed by atoms with Crippen LogP contribution in [0.5, 0.6) is 0 Å². The second-order valence-electron chi connectivity index (χ2n) is 4.65. The minimum Gasteiger partial charge on any atom is -0.356 e. The number of rotatable bonds is 1. The van der Waals surface area contributed by atoms with Crippen molar-refractivity contribution in [3.63, 3.8) is 0 Å². The van der Waals surface area contributed by atoms with Crippen molar-refractivity contribution in [3.8, 4) is 0 Å². The second kappa shape index (κ2) is 3.49. The van der Waals surface area contributed by atoms with E-state index in [0.717, 1.165) is 42.8 Å². The summed E-state index contributed by atoms with van der Waals surface area (Å²) in [5.41, 5.74) is 2.33. The van der Waals surface area contributed by atoms with Crippen molar-refractivity contribution in [1.29, 1.82) is 0 Å². The fraction of sp³-hybridized carbons (Fsp3) is 0.583. The van der Waals surface area contributed by atoms with Crippen molar-refractivity contribution in [2.75, 3.05) is 13.1 Å². The highest BCUT2D eigenvalue weighted by Crippen LogP contribution is 2.39. The van der Waals surface area contributed by atoms with Crippen LogP contribution in [0, 0.1) is 18.8 Å². The summed E-state index contributed by atoms with van der Waals surface area (Å²) in [5, 5.41) is 7.40. The molecule has 15 heavy (non-hydrogen) atoms. The number of aryl methyl sites for hydroxylation is 1. The van der Waals surface area contributed by atoms with Crippen molar-refractivity contribution in [3.05, 3.63) is 23.6 Å². The Bertz CT molecular complexity index is 394. The summed E-state index contributed by atoms with van der Waals surface area (Å²) in [6.45, 7) is 4.27. The van der Waals surface area contributed by atoms with E-state index in [9.17, 15) is 0 Å². The van der Waals surface area contributed by atoms with Crippen LogP contribution in [0.4, 0.5) is 0 Å². The summed E-state index contributed by atoms with van der Waals surface area (Å²) < 4.78 is 5.32. The van der Waals surface area contributed by atoms with Gasteiger partial charge in [-0.05, 0) is 50.3 Å². The molecule has 1 aromatic heterocycles. The molecule has 0 spiro atoms. The van der Waals surface area contributed by atoms with E-state index >= 15 is 0 Å². The van der Waals surface area contributed by atoms with Crippen LogP contribution >= 0.6 is 0 Å². The van der Waals surface area contributed by atoms with Crippen LogP contribution in [-0.4, -0.2) is 18.2 Å². The van der Waals surface area contributed by atoms with E-state index in [-0.39, 0.29) is 0 Å². The first-order valence-corrected chi connectivity index (χ1v) is 5.68. The average Bonchev–Trinajstić information content (AvgIpc) is 2.82. The Hall–Kier alpha value is -1.09. The molecule has 3 nitrogen and oxygen atoms in total. The molecule has 1 saturated heterocycles. The molecule has 3 rings (SSSR count). The Labute approximate surface area is 89.5 Å². The number of allylic oxidation sites excluding steroid dienone is 2. The molecule has 0 bridgehead atoms. The van der Waals surface area contributed by atoms with Gasteiger partial charge in [0.25, 0.3) is 0 Å². The Balaban J connectivity index is 1.83. The SMILES string of the molecule is Cc1cc(C2=C[C@@H]3CCNC[C@@H]3C2)on1. The first-order valence-electron chi connectivity index (χ1n) is 5.68. The lowest BCUT2D eigenvalue weighted by atomic mass is 9.89. The van der Waals surface area contributed by atoms with E-state index in [1.807, 2.05) is 13.0 Å². The number of piperidine rings is 1. The van der Waals surface area contributed by atoms with E-state index < -0.39 is 0 Å². The highest BCUT2D eigenvalue weighted by Gasteiger charge is 2.31. The summed E-state index contributed by atoms with van der Waals surface area (Å²) in [4.78, 5) is 0. The molecule has 1 N–H and O–H groups in total. The third-order valence-electron chi connectivity index (χ3n) is 3.51. The van der Waals surface area contributed by atoms with Crippen LogP contribution in [0.25, 0.3) is 5.57 Å². The van der Waals surface area contributed by atoms with Crippen LogP contribution in [0.2, 0.25) is 0 Å². The molecular weight excluding hydrogens is 188 g/mol. The largest absolute Gasteiger partial charge is 0.356 e. The lowest BCUT2D eigenvalue weighted by Crippen LogP contribution is -2.33. The van der Waals surface area contributed by atoms with E-state index in [4.69, 9.17) is 4.52 Å². The summed E-state index contributed by atoms with van der Waals surface area (Å²) >= 11 is 0. The molecule has 2 atom stereocenters. The molecule has 3 heteroatoms. The zero-order chi connectivity index (χ0) is 10.3. The maximum Gasteiger partial charge on any atom is 0.162 e. The van der Waals surface area contributed by atoms with E-state index in [1.54, 1.807) is 0 Å². The predicted molar refractivity (Wildman–Crippen MR) is 58.3 cm³/mol. The number of aromatic nitrogens is 1. The summed E-state index contributed by atoms with van der Waals surface area (Å²) in [6, 6.07) is 2.04. The second-order valence-corrected chi connectivity index (χ2v) is 4.65. The van der Waals surface area contributed by atoms with Crippen LogP contribution < -0.4 is 5.32 Å². The maximum absolute atomic E-state index is 5.32. The monoisotopic (exact) mass is 204 g/mol. The lowest BCUT2D eigenvalue weighted by Gasteiger charge is -2.25. The van der Waals surface area contributed by atoms with Gasteiger partial charge in [-0.25, -0.2) is 0 Å². The van der Waals surface area contributed by atoms with Gasteiger partial charge < -0.3 is 9.84 Å². The number of hydrogen-bond acceptors (Lipinski definition) is 3. The van der Waals surface area contributed by atoms with Crippen LogP contribution in [0.3, 0.4) is 0 Å². The van der Waals surface area contributed by atoms with Gasteiger partial charge in [0.05, 0.1) is 5.69 Å². The molecule has 0 radical (unpaired) electrons. The van der Waals surface area contributed by atoms with Crippen molar-refractivity contribution in [2.24, 2.45) is 11.8 Å². The fourth-order valence-corrected chi connectivity index (χ4v) is 2.69. The first kappa shape index (κ1) is 9.16. The highest BCUT2D eigenvalue weighted by molar-refractivity contribution is 5.64. The van der Waals surface area contributed by atoms with Gasteiger partial charge in [0, 0.05) is 6.07 Å². The number of nitrogens with one attached hydrogen (secondary N) is 1. The van der Waals surface area contributed by atoms with Crippen LogP contribution in [-0.2, 0) is 0 Å². The van der Waals surface area contributed by atoms with Gasteiger partial charge in [-0.15, -0.1) is 0 Å².